The average molecular weight is 310 g/mol. The number of urea groups is 1. The summed E-state index contributed by atoms with van der Waals surface area (Å²) in [6.45, 7) is 0.961. The van der Waals surface area contributed by atoms with Gasteiger partial charge in [0.05, 0.1) is 18.5 Å². The lowest BCUT2D eigenvalue weighted by Crippen LogP contribution is -2.36. The van der Waals surface area contributed by atoms with E-state index in [0.29, 0.717) is 13.1 Å². The van der Waals surface area contributed by atoms with Crippen LogP contribution in [0.3, 0.4) is 0 Å². The van der Waals surface area contributed by atoms with E-state index in [2.05, 4.69) is 15.7 Å². The summed E-state index contributed by atoms with van der Waals surface area (Å²) < 4.78 is 6.96. The number of hydrogen-bond donors (Lipinski definition) is 2. The fourth-order valence-corrected chi connectivity index (χ4v) is 2.20. The normalized spacial score (nSPS) is 10.4. The molecule has 0 aliphatic heterocycles. The molecule has 0 radical (unpaired) electrons. The number of amides is 2. The van der Waals surface area contributed by atoms with Crippen molar-refractivity contribution < 1.29 is 9.21 Å². The molecular formula is C17H18N4O2. The first-order valence-corrected chi connectivity index (χ1v) is 7.44. The molecule has 0 spiro atoms. The van der Waals surface area contributed by atoms with Gasteiger partial charge in [0, 0.05) is 18.9 Å². The van der Waals surface area contributed by atoms with Crippen molar-refractivity contribution in [3.05, 3.63) is 72.4 Å². The third-order valence-corrected chi connectivity index (χ3v) is 3.41. The first-order chi connectivity index (χ1) is 11.3. The van der Waals surface area contributed by atoms with Crippen LogP contribution < -0.4 is 10.6 Å². The number of carbonyl (C=O) groups is 1. The van der Waals surface area contributed by atoms with Gasteiger partial charge in [-0.05, 0) is 42.3 Å². The second-order valence-electron chi connectivity index (χ2n) is 5.06. The van der Waals surface area contributed by atoms with Crippen LogP contribution in [0.5, 0.6) is 0 Å². The van der Waals surface area contributed by atoms with Crippen LogP contribution in [0.4, 0.5) is 4.79 Å². The number of furan rings is 1. The van der Waals surface area contributed by atoms with Gasteiger partial charge in [0.2, 0.25) is 0 Å². The van der Waals surface area contributed by atoms with Gasteiger partial charge >= 0.3 is 6.03 Å². The van der Waals surface area contributed by atoms with E-state index in [1.54, 1.807) is 18.5 Å². The molecule has 6 heteroatoms. The summed E-state index contributed by atoms with van der Waals surface area (Å²) in [6, 6.07) is 13.4. The van der Waals surface area contributed by atoms with Gasteiger partial charge in [-0.15, -0.1) is 0 Å². The van der Waals surface area contributed by atoms with Crippen molar-refractivity contribution in [1.82, 2.24) is 20.4 Å². The summed E-state index contributed by atoms with van der Waals surface area (Å²) in [4.78, 5) is 11.7. The number of nitrogens with one attached hydrogen (secondary N) is 2. The zero-order valence-corrected chi connectivity index (χ0v) is 12.6. The maximum Gasteiger partial charge on any atom is 0.315 e. The molecular weight excluding hydrogens is 292 g/mol. The van der Waals surface area contributed by atoms with Crippen molar-refractivity contribution in [3.8, 4) is 5.69 Å². The summed E-state index contributed by atoms with van der Waals surface area (Å²) in [6.07, 6.45) is 6.01. The standard InChI is InChI=1S/C17H18N4O2/c22-17(19-13-16-3-1-12-23-16)18-10-8-14-4-6-15(7-5-14)21-11-2-9-20-21/h1-7,9,11-12H,8,10,13H2,(H2,18,19,22). The summed E-state index contributed by atoms with van der Waals surface area (Å²) >= 11 is 0. The molecule has 2 amide bonds. The molecule has 6 nitrogen and oxygen atoms in total. The fraction of sp³-hybridized carbons (Fsp3) is 0.176. The van der Waals surface area contributed by atoms with Gasteiger partial charge in [-0.2, -0.15) is 5.10 Å². The molecule has 23 heavy (non-hydrogen) atoms. The minimum absolute atomic E-state index is 0.199. The van der Waals surface area contributed by atoms with Gasteiger partial charge in [0.15, 0.2) is 0 Å². The Morgan fingerprint density at radius 2 is 2.00 bits per heavy atom. The highest BCUT2D eigenvalue weighted by Crippen LogP contribution is 2.08. The van der Waals surface area contributed by atoms with Crippen LogP contribution in [0.1, 0.15) is 11.3 Å². The lowest BCUT2D eigenvalue weighted by atomic mass is 10.1. The first-order valence-electron chi connectivity index (χ1n) is 7.44. The molecule has 3 aromatic rings. The molecule has 0 fully saturated rings. The van der Waals surface area contributed by atoms with Crippen molar-refractivity contribution in [2.45, 2.75) is 13.0 Å². The third kappa shape index (κ3) is 4.23. The number of hydrogen-bond acceptors (Lipinski definition) is 3. The zero-order valence-electron chi connectivity index (χ0n) is 12.6. The molecule has 118 valence electrons. The van der Waals surface area contributed by atoms with Crippen LogP contribution in [0, 0.1) is 0 Å². The van der Waals surface area contributed by atoms with E-state index in [1.807, 2.05) is 47.3 Å². The average Bonchev–Trinajstić information content (AvgIpc) is 3.27. The Morgan fingerprint density at radius 3 is 2.70 bits per heavy atom. The Balaban J connectivity index is 1.41. The molecule has 1 aromatic carbocycles. The predicted octanol–water partition coefficient (Wildman–Crippen LogP) is 2.51. The predicted molar refractivity (Wildman–Crippen MR) is 86.2 cm³/mol. The van der Waals surface area contributed by atoms with Crippen LogP contribution in [0.25, 0.3) is 5.69 Å². The highest BCUT2D eigenvalue weighted by atomic mass is 16.3. The Morgan fingerprint density at radius 1 is 1.13 bits per heavy atom. The van der Waals surface area contributed by atoms with Crippen molar-refractivity contribution in [3.63, 3.8) is 0 Å². The molecule has 2 heterocycles. The summed E-state index contributed by atoms with van der Waals surface area (Å²) in [5, 5.41) is 9.76. The van der Waals surface area contributed by atoms with E-state index in [-0.39, 0.29) is 6.03 Å². The van der Waals surface area contributed by atoms with E-state index in [9.17, 15) is 4.79 Å². The molecule has 0 saturated heterocycles. The number of benzene rings is 1. The highest BCUT2D eigenvalue weighted by Gasteiger charge is 2.02. The Labute approximate surface area is 134 Å². The largest absolute Gasteiger partial charge is 0.467 e. The van der Waals surface area contributed by atoms with Gasteiger partial charge in [-0.3, -0.25) is 0 Å². The smallest absolute Gasteiger partial charge is 0.315 e. The molecule has 0 aliphatic rings. The maximum atomic E-state index is 11.7. The number of nitrogens with zero attached hydrogens (tertiary/aromatic N) is 2. The summed E-state index contributed by atoms with van der Waals surface area (Å²) in [5.74, 6) is 0.731. The lowest BCUT2D eigenvalue weighted by molar-refractivity contribution is 0.239. The molecule has 2 N–H and O–H groups in total. The van der Waals surface area contributed by atoms with E-state index in [1.165, 1.54) is 0 Å². The monoisotopic (exact) mass is 310 g/mol. The summed E-state index contributed by atoms with van der Waals surface area (Å²) in [7, 11) is 0. The zero-order chi connectivity index (χ0) is 15.9. The van der Waals surface area contributed by atoms with E-state index < -0.39 is 0 Å². The summed E-state index contributed by atoms with van der Waals surface area (Å²) in [5.41, 5.74) is 2.18. The molecule has 0 aliphatic carbocycles. The van der Waals surface area contributed by atoms with Crippen LogP contribution in [0.15, 0.2) is 65.5 Å². The van der Waals surface area contributed by atoms with E-state index in [0.717, 1.165) is 23.4 Å². The second-order valence-corrected chi connectivity index (χ2v) is 5.06. The van der Waals surface area contributed by atoms with Crippen LogP contribution in [-0.4, -0.2) is 22.4 Å². The molecule has 0 bridgehead atoms. The minimum Gasteiger partial charge on any atom is -0.467 e. The maximum absolute atomic E-state index is 11.7. The SMILES string of the molecule is O=C(NCCc1ccc(-n2cccn2)cc1)NCc1ccco1. The lowest BCUT2D eigenvalue weighted by Gasteiger charge is -2.07. The van der Waals surface area contributed by atoms with Crippen molar-refractivity contribution >= 4 is 6.03 Å². The Hall–Kier alpha value is -3.02. The van der Waals surface area contributed by atoms with Gasteiger partial charge in [0.25, 0.3) is 0 Å². The number of carbonyl (C=O) groups excluding carboxylic acids is 1. The molecule has 2 aromatic heterocycles. The van der Waals surface area contributed by atoms with Crippen LogP contribution in [-0.2, 0) is 13.0 Å². The Bertz CT molecular complexity index is 719. The topological polar surface area (TPSA) is 72.1 Å². The van der Waals surface area contributed by atoms with Crippen molar-refractivity contribution in [1.29, 1.82) is 0 Å². The van der Waals surface area contributed by atoms with Crippen molar-refractivity contribution in [2.24, 2.45) is 0 Å². The van der Waals surface area contributed by atoms with Gasteiger partial charge in [-0.25, -0.2) is 9.48 Å². The van der Waals surface area contributed by atoms with E-state index in [4.69, 9.17) is 4.42 Å². The first kappa shape index (κ1) is 14.9. The van der Waals surface area contributed by atoms with Crippen LogP contribution >= 0.6 is 0 Å². The van der Waals surface area contributed by atoms with Gasteiger partial charge in [-0.1, -0.05) is 12.1 Å². The Kier molecular flexibility index (Phi) is 4.73. The van der Waals surface area contributed by atoms with Crippen LogP contribution in [0.2, 0.25) is 0 Å². The minimum atomic E-state index is -0.199. The van der Waals surface area contributed by atoms with E-state index >= 15 is 0 Å². The molecule has 0 atom stereocenters. The van der Waals surface area contributed by atoms with Gasteiger partial charge in [0.1, 0.15) is 5.76 Å². The van der Waals surface area contributed by atoms with Crippen molar-refractivity contribution in [2.75, 3.05) is 6.54 Å². The molecule has 3 rings (SSSR count). The van der Waals surface area contributed by atoms with Gasteiger partial charge < -0.3 is 15.1 Å². The number of rotatable bonds is 6. The molecule has 0 unspecified atom stereocenters. The quantitative estimate of drug-likeness (QED) is 0.735. The fourth-order valence-electron chi connectivity index (χ4n) is 2.20. The number of aromatic nitrogens is 2. The molecule has 0 saturated carbocycles. The highest BCUT2D eigenvalue weighted by molar-refractivity contribution is 5.73. The third-order valence-electron chi connectivity index (χ3n) is 3.41. The second kappa shape index (κ2) is 7.31.